The first kappa shape index (κ1) is 18.0. The van der Waals surface area contributed by atoms with E-state index < -0.39 is 5.60 Å². The van der Waals surface area contributed by atoms with Gasteiger partial charge in [0, 0.05) is 49.8 Å². The van der Waals surface area contributed by atoms with Crippen molar-refractivity contribution in [3.8, 4) is 5.69 Å². The van der Waals surface area contributed by atoms with Crippen LogP contribution in [0.1, 0.15) is 20.8 Å². The molecule has 0 spiro atoms. The maximum atomic E-state index is 12.5. The van der Waals surface area contributed by atoms with Crippen molar-refractivity contribution in [3.05, 3.63) is 59.0 Å². The van der Waals surface area contributed by atoms with Crippen molar-refractivity contribution in [1.82, 2.24) is 9.47 Å². The Hall–Kier alpha value is -2.76. The average molecular weight is 355 g/mol. The highest BCUT2D eigenvalue weighted by atomic mass is 16.6. The molecule has 1 aromatic heterocycles. The van der Waals surface area contributed by atoms with Gasteiger partial charge in [0.25, 0.3) is 5.56 Å². The largest absolute Gasteiger partial charge is 0.444 e. The number of aromatic nitrogens is 1. The SMILES string of the molecule is CC(C)(C)OC(=O)N1CCN(c2ccn(-c3ccccc3)c(=O)c2)CC1. The van der Waals surface area contributed by atoms with Crippen LogP contribution in [0.5, 0.6) is 0 Å². The zero-order valence-corrected chi connectivity index (χ0v) is 15.5. The number of hydrogen-bond donors (Lipinski definition) is 0. The summed E-state index contributed by atoms with van der Waals surface area (Å²) < 4.78 is 7.04. The molecule has 0 atom stereocenters. The molecule has 2 heterocycles. The number of benzene rings is 1. The monoisotopic (exact) mass is 355 g/mol. The van der Waals surface area contributed by atoms with E-state index >= 15 is 0 Å². The smallest absolute Gasteiger partial charge is 0.410 e. The van der Waals surface area contributed by atoms with Gasteiger partial charge in [0.05, 0.1) is 0 Å². The zero-order chi connectivity index (χ0) is 18.7. The molecule has 1 fully saturated rings. The molecular weight excluding hydrogens is 330 g/mol. The Morgan fingerprint density at radius 2 is 1.62 bits per heavy atom. The topological polar surface area (TPSA) is 54.8 Å². The fraction of sp³-hybridized carbons (Fsp3) is 0.400. The maximum Gasteiger partial charge on any atom is 0.410 e. The molecule has 0 bridgehead atoms. The van der Waals surface area contributed by atoms with E-state index in [0.717, 1.165) is 11.4 Å². The van der Waals surface area contributed by atoms with Gasteiger partial charge in [0.1, 0.15) is 5.60 Å². The van der Waals surface area contributed by atoms with Crippen LogP contribution in [-0.4, -0.2) is 47.3 Å². The van der Waals surface area contributed by atoms with Crippen LogP contribution < -0.4 is 10.5 Å². The van der Waals surface area contributed by atoms with E-state index in [1.165, 1.54) is 0 Å². The molecule has 0 radical (unpaired) electrons. The second kappa shape index (κ2) is 7.23. The summed E-state index contributed by atoms with van der Waals surface area (Å²) in [5, 5.41) is 0. The third kappa shape index (κ3) is 4.25. The number of anilines is 1. The molecule has 138 valence electrons. The summed E-state index contributed by atoms with van der Waals surface area (Å²) in [4.78, 5) is 28.4. The van der Waals surface area contributed by atoms with E-state index in [1.54, 1.807) is 21.7 Å². The molecule has 1 saturated heterocycles. The lowest BCUT2D eigenvalue weighted by atomic mass is 10.2. The van der Waals surface area contributed by atoms with Crippen molar-refractivity contribution in [3.63, 3.8) is 0 Å². The van der Waals surface area contributed by atoms with E-state index in [2.05, 4.69) is 4.90 Å². The molecule has 1 aliphatic rings. The van der Waals surface area contributed by atoms with Gasteiger partial charge in [0.2, 0.25) is 0 Å². The number of rotatable bonds is 2. The Morgan fingerprint density at radius 1 is 0.962 bits per heavy atom. The van der Waals surface area contributed by atoms with Gasteiger partial charge in [0.15, 0.2) is 0 Å². The summed E-state index contributed by atoms with van der Waals surface area (Å²) in [5.74, 6) is 0. The van der Waals surface area contributed by atoms with E-state index in [4.69, 9.17) is 4.74 Å². The quantitative estimate of drug-likeness (QED) is 0.831. The van der Waals surface area contributed by atoms with Crippen LogP contribution in [0.25, 0.3) is 5.69 Å². The van der Waals surface area contributed by atoms with Gasteiger partial charge in [-0.15, -0.1) is 0 Å². The third-order valence-electron chi connectivity index (χ3n) is 4.23. The van der Waals surface area contributed by atoms with Crippen LogP contribution in [-0.2, 0) is 4.74 Å². The van der Waals surface area contributed by atoms with Crippen molar-refractivity contribution in [2.24, 2.45) is 0 Å². The highest BCUT2D eigenvalue weighted by molar-refractivity contribution is 5.68. The van der Waals surface area contributed by atoms with Crippen molar-refractivity contribution in [2.45, 2.75) is 26.4 Å². The van der Waals surface area contributed by atoms with Crippen molar-refractivity contribution < 1.29 is 9.53 Å². The predicted molar refractivity (Wildman–Crippen MR) is 102 cm³/mol. The molecule has 1 aliphatic heterocycles. The standard InChI is InChI=1S/C20H25N3O3/c1-20(2,3)26-19(25)22-13-11-21(12-14-22)17-9-10-23(18(24)15-17)16-7-5-4-6-8-16/h4-10,15H,11-14H2,1-3H3. The first-order valence-corrected chi connectivity index (χ1v) is 8.84. The van der Waals surface area contributed by atoms with Crippen LogP contribution in [0.3, 0.4) is 0 Å². The summed E-state index contributed by atoms with van der Waals surface area (Å²) in [6, 6.07) is 13.1. The number of nitrogens with zero attached hydrogens (tertiary/aromatic N) is 3. The molecule has 1 aromatic carbocycles. The first-order valence-electron chi connectivity index (χ1n) is 8.84. The summed E-state index contributed by atoms with van der Waals surface area (Å²) in [5.41, 5.74) is 1.17. The van der Waals surface area contributed by atoms with Gasteiger partial charge in [-0.2, -0.15) is 0 Å². The minimum absolute atomic E-state index is 0.0664. The Kier molecular flexibility index (Phi) is 5.02. The van der Waals surface area contributed by atoms with Crippen molar-refractivity contribution >= 4 is 11.8 Å². The molecular formula is C20H25N3O3. The van der Waals surface area contributed by atoms with E-state index in [-0.39, 0.29) is 11.7 Å². The number of amides is 1. The molecule has 3 rings (SSSR count). The molecule has 1 amide bonds. The number of para-hydroxylation sites is 1. The summed E-state index contributed by atoms with van der Waals surface area (Å²) in [6.45, 7) is 8.10. The first-order chi connectivity index (χ1) is 12.3. The van der Waals surface area contributed by atoms with Crippen molar-refractivity contribution in [1.29, 1.82) is 0 Å². The zero-order valence-electron chi connectivity index (χ0n) is 15.5. The van der Waals surface area contributed by atoms with Gasteiger partial charge in [-0.05, 0) is 39.0 Å². The lowest BCUT2D eigenvalue weighted by Gasteiger charge is -2.36. The van der Waals surface area contributed by atoms with Gasteiger partial charge in [-0.1, -0.05) is 18.2 Å². The Bertz CT molecular complexity index is 816. The lowest BCUT2D eigenvalue weighted by molar-refractivity contribution is 0.0240. The average Bonchev–Trinajstić information content (AvgIpc) is 2.61. The normalized spacial score (nSPS) is 15.0. The maximum absolute atomic E-state index is 12.5. The minimum Gasteiger partial charge on any atom is -0.444 e. The number of ether oxygens (including phenoxy) is 1. The highest BCUT2D eigenvalue weighted by Gasteiger charge is 2.26. The summed E-state index contributed by atoms with van der Waals surface area (Å²) in [6.07, 6.45) is 1.52. The van der Waals surface area contributed by atoms with Crippen LogP contribution in [0.2, 0.25) is 0 Å². The molecule has 0 aliphatic carbocycles. The number of piperazine rings is 1. The van der Waals surface area contributed by atoms with Gasteiger partial charge >= 0.3 is 6.09 Å². The highest BCUT2D eigenvalue weighted by Crippen LogP contribution is 2.17. The molecule has 2 aromatic rings. The predicted octanol–water partition coefficient (Wildman–Crippen LogP) is 2.89. The number of hydrogen-bond acceptors (Lipinski definition) is 4. The Balaban J connectivity index is 1.66. The van der Waals surface area contributed by atoms with Crippen LogP contribution >= 0.6 is 0 Å². The second-order valence-electron chi connectivity index (χ2n) is 7.38. The molecule has 6 nitrogen and oxygen atoms in total. The molecule has 6 heteroatoms. The van der Waals surface area contributed by atoms with Crippen LogP contribution in [0.4, 0.5) is 10.5 Å². The minimum atomic E-state index is -0.490. The fourth-order valence-electron chi connectivity index (χ4n) is 2.94. The van der Waals surface area contributed by atoms with Crippen molar-refractivity contribution in [2.75, 3.05) is 31.1 Å². The third-order valence-corrected chi connectivity index (χ3v) is 4.23. The number of pyridine rings is 1. The lowest BCUT2D eigenvalue weighted by Crippen LogP contribution is -2.50. The molecule has 0 N–H and O–H groups in total. The Morgan fingerprint density at radius 3 is 2.19 bits per heavy atom. The van der Waals surface area contributed by atoms with E-state index in [1.807, 2.05) is 57.2 Å². The number of carbonyl (C=O) groups is 1. The summed E-state index contributed by atoms with van der Waals surface area (Å²) in [7, 11) is 0. The van der Waals surface area contributed by atoms with E-state index in [9.17, 15) is 9.59 Å². The van der Waals surface area contributed by atoms with Gasteiger partial charge < -0.3 is 14.5 Å². The summed E-state index contributed by atoms with van der Waals surface area (Å²) >= 11 is 0. The fourth-order valence-corrected chi connectivity index (χ4v) is 2.94. The number of carbonyl (C=O) groups excluding carboxylic acids is 1. The van der Waals surface area contributed by atoms with Gasteiger partial charge in [-0.3, -0.25) is 9.36 Å². The molecule has 26 heavy (non-hydrogen) atoms. The van der Waals surface area contributed by atoms with Crippen LogP contribution in [0, 0.1) is 0 Å². The van der Waals surface area contributed by atoms with Gasteiger partial charge in [-0.25, -0.2) is 4.79 Å². The second-order valence-corrected chi connectivity index (χ2v) is 7.38. The van der Waals surface area contributed by atoms with Crippen LogP contribution in [0.15, 0.2) is 53.5 Å². The Labute approximate surface area is 153 Å². The molecule has 0 unspecified atom stereocenters. The van der Waals surface area contributed by atoms with E-state index in [0.29, 0.717) is 26.2 Å². The molecule has 0 saturated carbocycles.